The average Bonchev–Trinajstić information content (AvgIpc) is 3.31. The Bertz CT molecular complexity index is 1040. The van der Waals surface area contributed by atoms with Crippen molar-refractivity contribution in [2.24, 2.45) is 17.3 Å². The smallest absolute Gasteiger partial charge is 0.338 e. The van der Waals surface area contributed by atoms with Crippen LogP contribution >= 0.6 is 0 Å². The van der Waals surface area contributed by atoms with Gasteiger partial charge in [0.15, 0.2) is 6.29 Å². The first-order valence-corrected chi connectivity index (χ1v) is 16.2. The number of hydrogen-bond acceptors (Lipinski definition) is 7. The van der Waals surface area contributed by atoms with E-state index in [2.05, 4.69) is 39.8 Å². The van der Waals surface area contributed by atoms with E-state index in [0.717, 1.165) is 57.8 Å². The third-order valence-corrected chi connectivity index (χ3v) is 8.85. The van der Waals surface area contributed by atoms with Crippen molar-refractivity contribution < 1.29 is 33.6 Å². The van der Waals surface area contributed by atoms with E-state index in [1.54, 1.807) is 12.1 Å². The number of unbranched alkanes of at least 4 members (excludes halogenated alkanes) is 3. The van der Waals surface area contributed by atoms with Gasteiger partial charge in [-0.15, -0.1) is 0 Å². The Morgan fingerprint density at radius 3 is 2.49 bits per heavy atom. The zero-order valence-electron chi connectivity index (χ0n) is 27.0. The van der Waals surface area contributed by atoms with E-state index in [0.29, 0.717) is 25.0 Å². The van der Waals surface area contributed by atoms with E-state index in [1.165, 1.54) is 12.7 Å². The summed E-state index contributed by atoms with van der Waals surface area (Å²) >= 11 is 0. The Labute approximate surface area is 259 Å². The van der Waals surface area contributed by atoms with Crippen LogP contribution < -0.4 is 0 Å². The fourth-order valence-corrected chi connectivity index (χ4v) is 5.99. The van der Waals surface area contributed by atoms with E-state index in [9.17, 15) is 14.7 Å². The minimum Gasteiger partial charge on any atom is -0.469 e. The van der Waals surface area contributed by atoms with Gasteiger partial charge in [0.1, 0.15) is 6.10 Å². The number of allylic oxidation sites excluding steroid dienone is 2. The Kier molecular flexibility index (Phi) is 14.4. The predicted molar refractivity (Wildman–Crippen MR) is 168 cm³/mol. The molecule has 0 amide bonds. The summed E-state index contributed by atoms with van der Waals surface area (Å²) in [5, 5.41) is 11.2. The first-order chi connectivity index (χ1) is 20.6. The summed E-state index contributed by atoms with van der Waals surface area (Å²) in [6.07, 6.45) is 14.0. The van der Waals surface area contributed by atoms with Crippen molar-refractivity contribution in [2.45, 2.75) is 123 Å². The molecule has 2 fully saturated rings. The van der Waals surface area contributed by atoms with Gasteiger partial charge < -0.3 is 24.1 Å². The van der Waals surface area contributed by atoms with Crippen LogP contribution in [0.4, 0.5) is 0 Å². The maximum Gasteiger partial charge on any atom is 0.338 e. The monoisotopic (exact) mass is 598 g/mol. The molecule has 1 aliphatic carbocycles. The predicted octanol–water partition coefficient (Wildman–Crippen LogP) is 7.57. The molecule has 7 heteroatoms. The molecule has 0 spiro atoms. The maximum absolute atomic E-state index is 13.2. The summed E-state index contributed by atoms with van der Waals surface area (Å²) < 4.78 is 23.5. The summed E-state index contributed by atoms with van der Waals surface area (Å²) in [5.41, 5.74) is 1.44. The SMILES string of the molecule is COC(=O)CCCCCC[C@@H]1[C@@H](/C=C/[C@H](O)C(C)(C)CC=C(C)C)[C@H](OC2CCCCO2)C[C@@H]1OC(=O)c1ccccc1. The molecule has 6 atom stereocenters. The largest absolute Gasteiger partial charge is 0.469 e. The van der Waals surface area contributed by atoms with Gasteiger partial charge in [0, 0.05) is 31.3 Å². The zero-order chi connectivity index (χ0) is 31.2. The second-order valence-corrected chi connectivity index (χ2v) is 13.1. The highest BCUT2D eigenvalue weighted by atomic mass is 16.7. The summed E-state index contributed by atoms with van der Waals surface area (Å²) in [7, 11) is 1.42. The van der Waals surface area contributed by atoms with Crippen LogP contribution in [0.3, 0.4) is 0 Å². The standard InChI is InChI=1S/C36H54O7/c1-26(2)22-23-36(3,4)32(37)21-20-29-28(17-11-6-7-12-18-33(38)40-5)31(43-35(39)27-15-9-8-10-16-27)25-30(29)42-34-19-13-14-24-41-34/h8-10,15-16,20-22,28-32,34,37H,6-7,11-14,17-19,23-25H2,1-5H3/b21-20+/t28-,29-,30-,31+,32+,34?/m1/s1. The Balaban J connectivity index is 1.80. The quantitative estimate of drug-likeness (QED) is 0.119. The molecule has 43 heavy (non-hydrogen) atoms. The number of rotatable bonds is 16. The van der Waals surface area contributed by atoms with Crippen LogP contribution in [0.15, 0.2) is 54.1 Å². The van der Waals surface area contributed by atoms with Gasteiger partial charge in [0.2, 0.25) is 0 Å². The molecule has 0 bridgehead atoms. The first kappa shape index (κ1) is 35.0. The lowest BCUT2D eigenvalue weighted by Crippen LogP contribution is -2.31. The molecular formula is C36H54O7. The highest BCUT2D eigenvalue weighted by molar-refractivity contribution is 5.89. The number of hydrogen-bond donors (Lipinski definition) is 1. The number of aliphatic hydroxyl groups excluding tert-OH is 1. The van der Waals surface area contributed by atoms with Crippen molar-refractivity contribution in [1.29, 1.82) is 0 Å². The fraction of sp³-hybridized carbons (Fsp3) is 0.667. The molecule has 240 valence electrons. The molecule has 0 radical (unpaired) electrons. The molecule has 1 unspecified atom stereocenters. The molecule has 7 nitrogen and oxygen atoms in total. The van der Waals surface area contributed by atoms with Gasteiger partial charge in [0.05, 0.1) is 24.9 Å². The summed E-state index contributed by atoms with van der Waals surface area (Å²) in [6.45, 7) is 9.00. The van der Waals surface area contributed by atoms with Crippen LogP contribution in [0.25, 0.3) is 0 Å². The number of esters is 2. The first-order valence-electron chi connectivity index (χ1n) is 16.2. The molecule has 1 aromatic carbocycles. The van der Waals surface area contributed by atoms with Crippen molar-refractivity contribution in [1.82, 2.24) is 0 Å². The lowest BCUT2D eigenvalue weighted by atomic mass is 9.81. The lowest BCUT2D eigenvalue weighted by molar-refractivity contribution is -0.193. The molecule has 1 heterocycles. The Morgan fingerprint density at radius 1 is 1.07 bits per heavy atom. The molecule has 1 aliphatic heterocycles. The average molecular weight is 599 g/mol. The lowest BCUT2D eigenvalue weighted by Gasteiger charge is -2.31. The Hall–Kier alpha value is -2.48. The normalized spacial score (nSPS) is 24.9. The van der Waals surface area contributed by atoms with Gasteiger partial charge in [-0.25, -0.2) is 4.79 Å². The third kappa shape index (κ3) is 11.5. The second-order valence-electron chi connectivity index (χ2n) is 13.1. The molecule has 2 aliphatic rings. The summed E-state index contributed by atoms with van der Waals surface area (Å²) in [6, 6.07) is 9.12. The van der Waals surface area contributed by atoms with E-state index >= 15 is 0 Å². The highest BCUT2D eigenvalue weighted by Gasteiger charge is 2.45. The molecule has 1 saturated carbocycles. The summed E-state index contributed by atoms with van der Waals surface area (Å²) in [4.78, 5) is 24.7. The van der Waals surface area contributed by atoms with Crippen LogP contribution in [-0.2, 0) is 23.7 Å². The van der Waals surface area contributed by atoms with Crippen molar-refractivity contribution in [3.05, 3.63) is 59.7 Å². The number of aliphatic hydroxyl groups is 1. The van der Waals surface area contributed by atoms with Gasteiger partial charge in [0.25, 0.3) is 0 Å². The van der Waals surface area contributed by atoms with Crippen LogP contribution in [0.2, 0.25) is 0 Å². The molecule has 0 aromatic heterocycles. The molecule has 3 rings (SSSR count). The van der Waals surface area contributed by atoms with Crippen LogP contribution in [0.5, 0.6) is 0 Å². The fourth-order valence-electron chi connectivity index (χ4n) is 5.99. The van der Waals surface area contributed by atoms with Gasteiger partial charge in [-0.2, -0.15) is 0 Å². The van der Waals surface area contributed by atoms with E-state index in [-0.39, 0.29) is 47.7 Å². The van der Waals surface area contributed by atoms with Crippen molar-refractivity contribution in [3.8, 4) is 0 Å². The minimum atomic E-state index is -0.639. The van der Waals surface area contributed by atoms with E-state index in [4.69, 9.17) is 18.9 Å². The number of carbonyl (C=O) groups excluding carboxylic acids is 2. The highest BCUT2D eigenvalue weighted by Crippen LogP contribution is 2.42. The number of methoxy groups -OCH3 is 1. The van der Waals surface area contributed by atoms with Crippen LogP contribution in [0.1, 0.15) is 109 Å². The number of benzene rings is 1. The van der Waals surface area contributed by atoms with Crippen LogP contribution in [0, 0.1) is 17.3 Å². The van der Waals surface area contributed by atoms with Gasteiger partial charge >= 0.3 is 11.9 Å². The maximum atomic E-state index is 13.2. The zero-order valence-corrected chi connectivity index (χ0v) is 27.0. The third-order valence-electron chi connectivity index (χ3n) is 8.85. The van der Waals surface area contributed by atoms with Crippen molar-refractivity contribution >= 4 is 11.9 Å². The van der Waals surface area contributed by atoms with E-state index in [1.807, 2.05) is 24.3 Å². The second kappa shape index (κ2) is 17.7. The van der Waals surface area contributed by atoms with Gasteiger partial charge in [-0.05, 0) is 69.9 Å². The Morgan fingerprint density at radius 2 is 1.81 bits per heavy atom. The summed E-state index contributed by atoms with van der Waals surface area (Å²) in [5.74, 6) is -0.506. The number of carbonyl (C=O) groups is 2. The minimum absolute atomic E-state index is 0.0335. The van der Waals surface area contributed by atoms with Crippen molar-refractivity contribution in [2.75, 3.05) is 13.7 Å². The van der Waals surface area contributed by atoms with Crippen LogP contribution in [-0.4, -0.2) is 55.4 Å². The van der Waals surface area contributed by atoms with E-state index < -0.39 is 6.10 Å². The topological polar surface area (TPSA) is 91.3 Å². The molecule has 1 N–H and O–H groups in total. The molecular weight excluding hydrogens is 544 g/mol. The van der Waals surface area contributed by atoms with Gasteiger partial charge in [-0.3, -0.25) is 4.79 Å². The van der Waals surface area contributed by atoms with Crippen molar-refractivity contribution in [3.63, 3.8) is 0 Å². The molecule has 1 aromatic rings. The number of ether oxygens (including phenoxy) is 4. The van der Waals surface area contributed by atoms with Gasteiger partial charge in [-0.1, -0.05) is 75.1 Å². The molecule has 1 saturated heterocycles.